The summed E-state index contributed by atoms with van der Waals surface area (Å²) in [6, 6.07) is 4.27. The number of likely N-dealkylation sites (tertiary alicyclic amines) is 1. The largest absolute Gasteiger partial charge is 0.328 e. The number of aromatic nitrogens is 1. The van der Waals surface area contributed by atoms with Crippen molar-refractivity contribution in [1.82, 2.24) is 14.6 Å². The lowest BCUT2D eigenvalue weighted by Gasteiger charge is -2.28. The van der Waals surface area contributed by atoms with Crippen LogP contribution >= 0.6 is 0 Å². The van der Waals surface area contributed by atoms with Gasteiger partial charge in [-0.25, -0.2) is 30.7 Å². The number of sulfonamides is 1. The topological polar surface area (TPSA) is 79.4 Å². The Kier molecular flexibility index (Phi) is 7.47. The SMILES string of the molecule is C=C(CC)C(=O)N1CC(F)(F)[C@H](NS(=O)(=O)CC)[C@@H]1Cc1cccc(-c2cc(F)cc(F)c2)n1. The third kappa shape index (κ3) is 5.64. The minimum absolute atomic E-state index is 0.108. The molecule has 1 amide bonds. The first-order valence-corrected chi connectivity index (χ1v) is 12.3. The van der Waals surface area contributed by atoms with E-state index in [1.165, 1.54) is 25.1 Å². The number of amides is 1. The van der Waals surface area contributed by atoms with Crippen LogP contribution in [0.5, 0.6) is 0 Å². The third-order valence-corrected chi connectivity index (χ3v) is 7.05. The predicted octanol–water partition coefficient (Wildman–Crippen LogP) is 3.69. The van der Waals surface area contributed by atoms with Gasteiger partial charge in [0.25, 0.3) is 5.92 Å². The zero-order chi connectivity index (χ0) is 25.3. The zero-order valence-electron chi connectivity index (χ0n) is 18.7. The number of carbonyl (C=O) groups excluding carboxylic acids is 1. The third-order valence-electron chi connectivity index (χ3n) is 5.68. The zero-order valence-corrected chi connectivity index (χ0v) is 19.5. The molecule has 0 radical (unpaired) electrons. The van der Waals surface area contributed by atoms with Crippen LogP contribution in [0.25, 0.3) is 11.3 Å². The molecule has 184 valence electrons. The van der Waals surface area contributed by atoms with E-state index in [-0.39, 0.29) is 35.4 Å². The Balaban J connectivity index is 2.01. The van der Waals surface area contributed by atoms with Crippen molar-refractivity contribution in [3.05, 3.63) is 65.9 Å². The molecule has 0 saturated carbocycles. The second-order valence-electron chi connectivity index (χ2n) is 8.09. The minimum atomic E-state index is -4.03. The van der Waals surface area contributed by atoms with Crippen molar-refractivity contribution in [1.29, 1.82) is 0 Å². The summed E-state index contributed by atoms with van der Waals surface area (Å²) < 4.78 is 83.6. The maximum atomic E-state index is 15.0. The molecular weight excluding hydrogens is 474 g/mol. The summed E-state index contributed by atoms with van der Waals surface area (Å²) in [5.74, 6) is -6.27. The Bertz CT molecular complexity index is 1180. The van der Waals surface area contributed by atoms with Gasteiger partial charge in [-0.1, -0.05) is 19.6 Å². The van der Waals surface area contributed by atoms with Crippen molar-refractivity contribution < 1.29 is 30.8 Å². The van der Waals surface area contributed by atoms with Crippen LogP contribution in [-0.2, 0) is 21.2 Å². The number of hydrogen-bond acceptors (Lipinski definition) is 4. The van der Waals surface area contributed by atoms with Gasteiger partial charge in [0.2, 0.25) is 15.9 Å². The molecule has 1 aliphatic heterocycles. The molecule has 3 rings (SSSR count). The second kappa shape index (κ2) is 9.83. The van der Waals surface area contributed by atoms with Crippen molar-refractivity contribution in [2.75, 3.05) is 12.3 Å². The lowest BCUT2D eigenvalue weighted by molar-refractivity contribution is -0.129. The normalized spacial score (nSPS) is 19.9. The molecule has 0 unspecified atom stereocenters. The van der Waals surface area contributed by atoms with E-state index < -0.39 is 57.9 Å². The van der Waals surface area contributed by atoms with E-state index in [1.54, 1.807) is 6.92 Å². The lowest BCUT2D eigenvalue weighted by atomic mass is 10.0. The van der Waals surface area contributed by atoms with Crippen LogP contribution in [0.3, 0.4) is 0 Å². The van der Waals surface area contributed by atoms with Gasteiger partial charge in [0, 0.05) is 29.3 Å². The van der Waals surface area contributed by atoms with Gasteiger partial charge in [0.15, 0.2) is 0 Å². The Morgan fingerprint density at radius 2 is 1.85 bits per heavy atom. The number of carbonyl (C=O) groups is 1. The van der Waals surface area contributed by atoms with Crippen LogP contribution in [-0.4, -0.2) is 54.5 Å². The van der Waals surface area contributed by atoms with E-state index in [1.807, 2.05) is 4.72 Å². The summed E-state index contributed by atoms with van der Waals surface area (Å²) >= 11 is 0. The number of benzene rings is 1. The molecule has 11 heteroatoms. The first kappa shape index (κ1) is 25.8. The fourth-order valence-electron chi connectivity index (χ4n) is 3.82. The van der Waals surface area contributed by atoms with Gasteiger partial charge in [-0.05, 0) is 37.6 Å². The minimum Gasteiger partial charge on any atom is -0.328 e. The molecule has 1 N–H and O–H groups in total. The van der Waals surface area contributed by atoms with Crippen LogP contribution in [0, 0.1) is 11.6 Å². The molecule has 2 atom stereocenters. The molecule has 34 heavy (non-hydrogen) atoms. The Labute approximate surface area is 195 Å². The Morgan fingerprint density at radius 3 is 2.44 bits per heavy atom. The first-order chi connectivity index (χ1) is 15.9. The fraction of sp³-hybridized carbons (Fsp3) is 0.391. The molecule has 0 spiro atoms. The number of alkyl halides is 2. The molecule has 0 aliphatic carbocycles. The number of nitrogens with one attached hydrogen (secondary N) is 1. The fourth-order valence-corrected chi connectivity index (χ4v) is 4.70. The second-order valence-corrected chi connectivity index (χ2v) is 10.1. The number of rotatable bonds is 8. The highest BCUT2D eigenvalue weighted by molar-refractivity contribution is 7.89. The molecule has 0 bridgehead atoms. The van der Waals surface area contributed by atoms with Crippen LogP contribution < -0.4 is 4.72 Å². The summed E-state index contributed by atoms with van der Waals surface area (Å²) in [4.78, 5) is 18.1. The average Bonchev–Trinajstić information content (AvgIpc) is 3.01. The summed E-state index contributed by atoms with van der Waals surface area (Å²) in [7, 11) is -4.03. The summed E-state index contributed by atoms with van der Waals surface area (Å²) in [6.45, 7) is 5.62. The van der Waals surface area contributed by atoms with Gasteiger partial charge in [0.1, 0.15) is 17.7 Å². The van der Waals surface area contributed by atoms with E-state index in [9.17, 15) is 30.8 Å². The number of nitrogens with zero attached hydrogens (tertiary/aromatic N) is 2. The molecule has 2 heterocycles. The number of pyridine rings is 1. The Hall–Kier alpha value is -2.79. The van der Waals surface area contributed by atoms with Crippen molar-refractivity contribution in [2.45, 2.75) is 44.7 Å². The van der Waals surface area contributed by atoms with Crippen molar-refractivity contribution in [2.24, 2.45) is 0 Å². The van der Waals surface area contributed by atoms with E-state index in [4.69, 9.17) is 0 Å². The van der Waals surface area contributed by atoms with E-state index in [0.29, 0.717) is 6.07 Å². The highest BCUT2D eigenvalue weighted by Gasteiger charge is 2.57. The van der Waals surface area contributed by atoms with Gasteiger partial charge in [-0.2, -0.15) is 0 Å². The van der Waals surface area contributed by atoms with Crippen molar-refractivity contribution >= 4 is 15.9 Å². The smallest absolute Gasteiger partial charge is 0.283 e. The molecule has 1 fully saturated rings. The maximum absolute atomic E-state index is 15.0. The first-order valence-electron chi connectivity index (χ1n) is 10.7. The quantitative estimate of drug-likeness (QED) is 0.444. The maximum Gasteiger partial charge on any atom is 0.283 e. The van der Waals surface area contributed by atoms with Crippen LogP contribution in [0.4, 0.5) is 17.6 Å². The molecule has 1 saturated heterocycles. The van der Waals surface area contributed by atoms with Crippen LogP contribution in [0.2, 0.25) is 0 Å². The predicted molar refractivity (Wildman–Crippen MR) is 120 cm³/mol. The van der Waals surface area contributed by atoms with E-state index in [2.05, 4.69) is 11.6 Å². The molecule has 2 aromatic rings. The standard InChI is InChI=1S/C23H25F4N3O3S/c1-4-14(3)22(31)30-13-23(26,27)21(29-34(32,33)5-2)20(30)12-18-7-6-8-19(28-18)15-9-16(24)11-17(25)10-15/h6-11,20-21,29H,3-5,12-13H2,1-2H3/t20-,21+/m0/s1. The highest BCUT2D eigenvalue weighted by atomic mass is 32.2. The number of halogens is 4. The van der Waals surface area contributed by atoms with E-state index >= 15 is 0 Å². The highest BCUT2D eigenvalue weighted by Crippen LogP contribution is 2.36. The van der Waals surface area contributed by atoms with Gasteiger partial charge < -0.3 is 4.90 Å². The van der Waals surface area contributed by atoms with Crippen LogP contribution in [0.1, 0.15) is 26.0 Å². The Morgan fingerprint density at radius 1 is 1.21 bits per heavy atom. The van der Waals surface area contributed by atoms with Crippen molar-refractivity contribution in [3.8, 4) is 11.3 Å². The molecule has 1 aliphatic rings. The lowest BCUT2D eigenvalue weighted by Crippen LogP contribution is -2.52. The molecular formula is C23H25F4N3O3S. The van der Waals surface area contributed by atoms with Crippen LogP contribution in [0.15, 0.2) is 48.6 Å². The monoisotopic (exact) mass is 499 g/mol. The summed E-state index contributed by atoms with van der Waals surface area (Å²) in [5, 5.41) is 0. The van der Waals surface area contributed by atoms with Crippen molar-refractivity contribution in [3.63, 3.8) is 0 Å². The van der Waals surface area contributed by atoms with Gasteiger partial charge in [0.05, 0.1) is 24.0 Å². The van der Waals surface area contributed by atoms with Gasteiger partial charge in [-0.3, -0.25) is 9.78 Å². The molecule has 1 aromatic heterocycles. The molecule has 1 aromatic carbocycles. The van der Waals surface area contributed by atoms with Gasteiger partial charge >= 0.3 is 0 Å². The van der Waals surface area contributed by atoms with Gasteiger partial charge in [-0.15, -0.1) is 0 Å². The van der Waals surface area contributed by atoms with E-state index in [0.717, 1.165) is 17.0 Å². The molecule has 6 nitrogen and oxygen atoms in total. The number of hydrogen-bond donors (Lipinski definition) is 1. The average molecular weight is 500 g/mol. The summed E-state index contributed by atoms with van der Waals surface area (Å²) in [5.41, 5.74) is 0.691. The summed E-state index contributed by atoms with van der Waals surface area (Å²) in [6.07, 6.45) is 0.0126.